The number of aromatic nitrogens is 1. The van der Waals surface area contributed by atoms with E-state index in [1.54, 1.807) is 11.1 Å². The van der Waals surface area contributed by atoms with E-state index >= 15 is 0 Å². The third-order valence-corrected chi connectivity index (χ3v) is 5.62. The van der Waals surface area contributed by atoms with Crippen molar-refractivity contribution in [1.29, 1.82) is 0 Å². The van der Waals surface area contributed by atoms with Gasteiger partial charge in [-0.15, -0.1) is 0 Å². The van der Waals surface area contributed by atoms with Crippen LogP contribution in [0.2, 0.25) is 0 Å². The van der Waals surface area contributed by atoms with Crippen LogP contribution in [-0.2, 0) is 0 Å². The van der Waals surface area contributed by atoms with E-state index in [4.69, 9.17) is 4.42 Å². The SMILES string of the molecule is Cc1cc(C2CCCNC2)oc(=O)c1C(=O)N1CCN(c2ccccn2)CC1. The standard InChI is InChI=1S/C21H26N4O3/c1-15-13-17(16-5-4-7-22-14-16)28-21(27)19(15)20(26)25-11-9-24(10-12-25)18-6-2-3-8-23-18/h2-3,6,8,13,16,22H,4-5,7,9-12,14H2,1H3. The lowest BCUT2D eigenvalue weighted by Crippen LogP contribution is -2.50. The molecule has 0 aliphatic carbocycles. The monoisotopic (exact) mass is 382 g/mol. The number of carbonyl (C=O) groups is 1. The predicted octanol–water partition coefficient (Wildman–Crippen LogP) is 1.77. The molecule has 0 aromatic carbocycles. The Bertz CT molecular complexity index is 882. The number of nitrogens with zero attached hydrogens (tertiary/aromatic N) is 3. The zero-order chi connectivity index (χ0) is 19.5. The molecule has 0 bridgehead atoms. The van der Waals surface area contributed by atoms with Crippen LogP contribution in [0.15, 0.2) is 39.7 Å². The topological polar surface area (TPSA) is 78.7 Å². The van der Waals surface area contributed by atoms with Crippen LogP contribution in [0.3, 0.4) is 0 Å². The molecular weight excluding hydrogens is 356 g/mol. The second-order valence-electron chi connectivity index (χ2n) is 7.50. The fourth-order valence-corrected chi connectivity index (χ4v) is 4.02. The maximum Gasteiger partial charge on any atom is 0.349 e. The van der Waals surface area contributed by atoms with Crippen LogP contribution in [0.1, 0.15) is 40.4 Å². The van der Waals surface area contributed by atoms with Gasteiger partial charge >= 0.3 is 5.63 Å². The Labute approximate surface area is 164 Å². The summed E-state index contributed by atoms with van der Waals surface area (Å²) >= 11 is 0. The Morgan fingerprint density at radius 1 is 1.25 bits per heavy atom. The highest BCUT2D eigenvalue weighted by Gasteiger charge is 2.28. The molecule has 28 heavy (non-hydrogen) atoms. The summed E-state index contributed by atoms with van der Waals surface area (Å²) in [5.41, 5.74) is 0.352. The number of anilines is 1. The van der Waals surface area contributed by atoms with E-state index in [-0.39, 0.29) is 17.4 Å². The maximum absolute atomic E-state index is 13.0. The van der Waals surface area contributed by atoms with Gasteiger partial charge in [-0.05, 0) is 50.1 Å². The molecule has 7 nitrogen and oxygen atoms in total. The zero-order valence-electron chi connectivity index (χ0n) is 16.2. The van der Waals surface area contributed by atoms with Crippen molar-refractivity contribution >= 4 is 11.7 Å². The highest BCUT2D eigenvalue weighted by atomic mass is 16.4. The van der Waals surface area contributed by atoms with Crippen molar-refractivity contribution < 1.29 is 9.21 Å². The Morgan fingerprint density at radius 3 is 2.71 bits per heavy atom. The number of pyridine rings is 1. The number of piperidine rings is 1. The zero-order valence-corrected chi connectivity index (χ0v) is 16.2. The number of rotatable bonds is 3. The molecule has 0 saturated carbocycles. The number of aryl methyl sites for hydroxylation is 1. The van der Waals surface area contributed by atoms with Gasteiger partial charge in [0.25, 0.3) is 5.91 Å². The molecule has 1 amide bonds. The highest BCUT2D eigenvalue weighted by Crippen LogP contribution is 2.24. The number of carbonyl (C=O) groups excluding carboxylic acids is 1. The van der Waals surface area contributed by atoms with Crippen molar-refractivity contribution in [3.8, 4) is 0 Å². The summed E-state index contributed by atoms with van der Waals surface area (Å²) in [6.07, 6.45) is 3.83. The minimum absolute atomic E-state index is 0.166. The summed E-state index contributed by atoms with van der Waals surface area (Å²) in [5, 5.41) is 3.33. The fourth-order valence-electron chi connectivity index (χ4n) is 4.02. The molecule has 4 rings (SSSR count). The second kappa shape index (κ2) is 8.14. The summed E-state index contributed by atoms with van der Waals surface area (Å²) in [6.45, 7) is 6.14. The summed E-state index contributed by atoms with van der Waals surface area (Å²) < 4.78 is 5.57. The molecule has 2 aromatic heterocycles. The van der Waals surface area contributed by atoms with E-state index in [0.29, 0.717) is 37.5 Å². The van der Waals surface area contributed by atoms with Gasteiger partial charge in [-0.3, -0.25) is 4.79 Å². The molecule has 1 N–H and O–H groups in total. The third-order valence-electron chi connectivity index (χ3n) is 5.62. The lowest BCUT2D eigenvalue weighted by molar-refractivity contribution is 0.0740. The van der Waals surface area contributed by atoms with Gasteiger partial charge in [-0.2, -0.15) is 0 Å². The van der Waals surface area contributed by atoms with Crippen LogP contribution >= 0.6 is 0 Å². The number of hydrogen-bond acceptors (Lipinski definition) is 6. The smallest absolute Gasteiger partial charge is 0.349 e. The van der Waals surface area contributed by atoms with Crippen molar-refractivity contribution in [2.45, 2.75) is 25.7 Å². The van der Waals surface area contributed by atoms with Gasteiger partial charge in [-0.1, -0.05) is 6.07 Å². The molecule has 148 valence electrons. The highest BCUT2D eigenvalue weighted by molar-refractivity contribution is 5.95. The van der Waals surface area contributed by atoms with E-state index in [2.05, 4.69) is 15.2 Å². The van der Waals surface area contributed by atoms with Crippen LogP contribution in [0.4, 0.5) is 5.82 Å². The van der Waals surface area contributed by atoms with Gasteiger partial charge in [-0.25, -0.2) is 9.78 Å². The molecule has 0 spiro atoms. The molecule has 2 fully saturated rings. The Kier molecular flexibility index (Phi) is 5.43. The first-order valence-electron chi connectivity index (χ1n) is 9.94. The van der Waals surface area contributed by atoms with Crippen LogP contribution in [-0.4, -0.2) is 55.1 Å². The summed E-state index contributed by atoms with van der Waals surface area (Å²) in [4.78, 5) is 33.9. The Balaban J connectivity index is 1.47. The molecule has 7 heteroatoms. The van der Waals surface area contributed by atoms with Gasteiger partial charge in [0.15, 0.2) is 0 Å². The quantitative estimate of drug-likeness (QED) is 0.872. The first kappa shape index (κ1) is 18.7. The largest absolute Gasteiger partial charge is 0.427 e. The van der Waals surface area contributed by atoms with Gasteiger partial charge in [0.05, 0.1) is 0 Å². The predicted molar refractivity (Wildman–Crippen MR) is 107 cm³/mol. The maximum atomic E-state index is 13.0. The van der Waals surface area contributed by atoms with E-state index in [1.807, 2.05) is 31.2 Å². The van der Waals surface area contributed by atoms with Gasteiger partial charge in [0.1, 0.15) is 17.1 Å². The minimum Gasteiger partial charge on any atom is -0.427 e. The number of nitrogens with one attached hydrogen (secondary N) is 1. The molecule has 4 heterocycles. The molecule has 2 aliphatic heterocycles. The van der Waals surface area contributed by atoms with Crippen LogP contribution in [0.25, 0.3) is 0 Å². The van der Waals surface area contributed by atoms with Crippen LogP contribution in [0.5, 0.6) is 0 Å². The average Bonchev–Trinajstić information content (AvgIpc) is 2.74. The molecule has 1 unspecified atom stereocenters. The van der Waals surface area contributed by atoms with Crippen molar-refractivity contribution in [3.63, 3.8) is 0 Å². The molecular formula is C21H26N4O3. The van der Waals surface area contributed by atoms with Crippen LogP contribution in [0, 0.1) is 6.92 Å². The molecule has 1 atom stereocenters. The van der Waals surface area contributed by atoms with Crippen molar-refractivity contribution in [2.24, 2.45) is 0 Å². The van der Waals surface area contributed by atoms with Gasteiger partial charge in [0.2, 0.25) is 0 Å². The van der Waals surface area contributed by atoms with Crippen molar-refractivity contribution in [3.05, 3.63) is 57.8 Å². The van der Waals surface area contributed by atoms with Crippen molar-refractivity contribution in [2.75, 3.05) is 44.2 Å². The van der Waals surface area contributed by atoms with E-state index < -0.39 is 5.63 Å². The third kappa shape index (κ3) is 3.80. The van der Waals surface area contributed by atoms with Gasteiger partial charge < -0.3 is 19.5 Å². The number of hydrogen-bond donors (Lipinski definition) is 1. The molecule has 2 saturated heterocycles. The normalized spacial score (nSPS) is 20.2. The lowest BCUT2D eigenvalue weighted by Gasteiger charge is -2.35. The molecule has 2 aromatic rings. The second-order valence-corrected chi connectivity index (χ2v) is 7.50. The molecule has 0 radical (unpaired) electrons. The Hall–Kier alpha value is -2.67. The number of piperazine rings is 1. The van der Waals surface area contributed by atoms with Crippen LogP contribution < -0.4 is 15.8 Å². The number of amides is 1. The van der Waals surface area contributed by atoms with Gasteiger partial charge in [0, 0.05) is 44.8 Å². The first-order chi connectivity index (χ1) is 13.6. The summed E-state index contributed by atoms with van der Waals surface area (Å²) in [7, 11) is 0. The first-order valence-corrected chi connectivity index (χ1v) is 9.94. The van der Waals surface area contributed by atoms with E-state index in [1.165, 1.54) is 0 Å². The van der Waals surface area contributed by atoms with E-state index in [0.717, 1.165) is 31.7 Å². The molecule has 2 aliphatic rings. The summed E-state index contributed by atoms with van der Waals surface area (Å²) in [6, 6.07) is 7.68. The average molecular weight is 382 g/mol. The van der Waals surface area contributed by atoms with Crippen molar-refractivity contribution in [1.82, 2.24) is 15.2 Å². The fraction of sp³-hybridized carbons (Fsp3) is 0.476. The van der Waals surface area contributed by atoms with E-state index in [9.17, 15) is 9.59 Å². The lowest BCUT2D eigenvalue weighted by atomic mass is 9.95. The Morgan fingerprint density at radius 2 is 2.07 bits per heavy atom. The minimum atomic E-state index is -0.516. The summed E-state index contributed by atoms with van der Waals surface area (Å²) in [5.74, 6) is 1.56.